The van der Waals surface area contributed by atoms with Crippen molar-refractivity contribution in [1.29, 1.82) is 0 Å². The molecule has 5 rings (SSSR count). The van der Waals surface area contributed by atoms with Gasteiger partial charge < -0.3 is 9.88 Å². The first-order valence-corrected chi connectivity index (χ1v) is 11.4. The van der Waals surface area contributed by atoms with Crippen LogP contribution in [0, 0.1) is 0 Å². The van der Waals surface area contributed by atoms with Gasteiger partial charge in [-0.05, 0) is 42.7 Å². The molecule has 0 atom stereocenters. The summed E-state index contributed by atoms with van der Waals surface area (Å²) in [5, 5.41) is 4.94. The van der Waals surface area contributed by atoms with Crippen LogP contribution in [0.5, 0.6) is 0 Å². The molecule has 29 heavy (non-hydrogen) atoms. The molecule has 0 radical (unpaired) electrons. The van der Waals surface area contributed by atoms with Crippen LogP contribution in [-0.2, 0) is 16.8 Å². The molecule has 148 valence electrons. The van der Waals surface area contributed by atoms with Crippen LogP contribution < -0.4 is 5.32 Å². The SMILES string of the molecule is O=C(Nc1ccc(-c2cn3c(n2)SCC3)cc1)C1(c2ccc(Cl)cc2)CCCC1. The Balaban J connectivity index is 1.36. The quantitative estimate of drug-likeness (QED) is 0.580. The number of benzene rings is 2. The lowest BCUT2D eigenvalue weighted by atomic mass is 9.78. The van der Waals surface area contributed by atoms with Crippen molar-refractivity contribution in [2.75, 3.05) is 11.1 Å². The molecule has 1 aliphatic carbocycles. The number of aryl methyl sites for hydroxylation is 1. The minimum absolute atomic E-state index is 0.0717. The lowest BCUT2D eigenvalue weighted by molar-refractivity contribution is -0.121. The molecule has 1 aromatic heterocycles. The van der Waals surface area contributed by atoms with Gasteiger partial charge in [-0.25, -0.2) is 4.98 Å². The van der Waals surface area contributed by atoms with Crippen LogP contribution >= 0.6 is 23.4 Å². The summed E-state index contributed by atoms with van der Waals surface area (Å²) in [6.07, 6.45) is 5.99. The maximum atomic E-state index is 13.3. The molecule has 2 heterocycles. The van der Waals surface area contributed by atoms with Crippen LogP contribution in [-0.4, -0.2) is 21.2 Å². The maximum absolute atomic E-state index is 13.3. The predicted molar refractivity (Wildman–Crippen MR) is 119 cm³/mol. The zero-order chi connectivity index (χ0) is 19.8. The average Bonchev–Trinajstić information content (AvgIpc) is 3.46. The summed E-state index contributed by atoms with van der Waals surface area (Å²) >= 11 is 7.85. The number of hydrogen-bond donors (Lipinski definition) is 1. The highest BCUT2D eigenvalue weighted by molar-refractivity contribution is 7.99. The van der Waals surface area contributed by atoms with Gasteiger partial charge in [0.15, 0.2) is 5.16 Å². The van der Waals surface area contributed by atoms with Gasteiger partial charge in [-0.3, -0.25) is 4.79 Å². The number of imidazole rings is 1. The first-order chi connectivity index (χ1) is 14.1. The van der Waals surface area contributed by atoms with Crippen LogP contribution in [0.15, 0.2) is 59.9 Å². The van der Waals surface area contributed by atoms with Crippen molar-refractivity contribution in [3.05, 3.63) is 65.3 Å². The van der Waals surface area contributed by atoms with Gasteiger partial charge in [0, 0.05) is 34.8 Å². The summed E-state index contributed by atoms with van der Waals surface area (Å²) in [5.41, 5.74) is 3.46. The molecule has 2 aliphatic rings. The zero-order valence-electron chi connectivity index (χ0n) is 16.0. The van der Waals surface area contributed by atoms with E-state index in [0.29, 0.717) is 5.02 Å². The normalized spacial score (nSPS) is 17.3. The Morgan fingerprint density at radius 1 is 1.07 bits per heavy atom. The highest BCUT2D eigenvalue weighted by Gasteiger charge is 2.42. The van der Waals surface area contributed by atoms with Crippen LogP contribution in [0.4, 0.5) is 5.69 Å². The summed E-state index contributed by atoms with van der Waals surface area (Å²) in [4.78, 5) is 18.0. The number of halogens is 1. The molecule has 1 saturated carbocycles. The average molecular weight is 424 g/mol. The van der Waals surface area contributed by atoms with Gasteiger partial charge >= 0.3 is 0 Å². The van der Waals surface area contributed by atoms with Crippen molar-refractivity contribution in [2.45, 2.75) is 42.8 Å². The van der Waals surface area contributed by atoms with Gasteiger partial charge in [0.1, 0.15) is 0 Å². The third-order valence-electron chi connectivity index (χ3n) is 6.03. The second-order valence-electron chi connectivity index (χ2n) is 7.78. The molecule has 1 amide bonds. The van der Waals surface area contributed by atoms with Crippen molar-refractivity contribution >= 4 is 35.0 Å². The van der Waals surface area contributed by atoms with Gasteiger partial charge in [-0.1, -0.05) is 60.5 Å². The summed E-state index contributed by atoms with van der Waals surface area (Å²) < 4.78 is 2.20. The molecular formula is C23H22ClN3OS. The van der Waals surface area contributed by atoms with Crippen LogP contribution in [0.1, 0.15) is 31.2 Å². The molecule has 3 aromatic rings. The van der Waals surface area contributed by atoms with E-state index in [1.54, 1.807) is 11.8 Å². The van der Waals surface area contributed by atoms with Gasteiger partial charge in [-0.2, -0.15) is 0 Å². The summed E-state index contributed by atoms with van der Waals surface area (Å²) in [5.74, 6) is 1.17. The smallest absolute Gasteiger partial charge is 0.235 e. The monoisotopic (exact) mass is 423 g/mol. The van der Waals surface area contributed by atoms with Crippen molar-refractivity contribution in [3.8, 4) is 11.3 Å². The van der Waals surface area contributed by atoms with Crippen LogP contribution in [0.2, 0.25) is 5.02 Å². The van der Waals surface area contributed by atoms with Gasteiger partial charge in [-0.15, -0.1) is 0 Å². The molecular weight excluding hydrogens is 402 g/mol. The van der Waals surface area contributed by atoms with E-state index >= 15 is 0 Å². The van der Waals surface area contributed by atoms with Crippen molar-refractivity contribution in [3.63, 3.8) is 0 Å². The Bertz CT molecular complexity index is 1020. The lowest BCUT2D eigenvalue weighted by Crippen LogP contribution is -2.37. The number of anilines is 1. The number of carbonyl (C=O) groups excluding carboxylic acids is 1. The molecule has 1 fully saturated rings. The number of aromatic nitrogens is 2. The lowest BCUT2D eigenvalue weighted by Gasteiger charge is -2.28. The van der Waals surface area contributed by atoms with Crippen molar-refractivity contribution < 1.29 is 4.79 Å². The summed E-state index contributed by atoms with van der Waals surface area (Å²) in [6, 6.07) is 15.7. The van der Waals surface area contributed by atoms with Crippen LogP contribution in [0.25, 0.3) is 11.3 Å². The van der Waals surface area contributed by atoms with Gasteiger partial charge in [0.25, 0.3) is 0 Å². The largest absolute Gasteiger partial charge is 0.325 e. The Kier molecular flexibility index (Phi) is 4.88. The molecule has 4 nitrogen and oxygen atoms in total. The minimum Gasteiger partial charge on any atom is -0.325 e. The number of amides is 1. The van der Waals surface area contributed by atoms with E-state index in [1.807, 2.05) is 48.5 Å². The topological polar surface area (TPSA) is 46.9 Å². The first-order valence-electron chi connectivity index (χ1n) is 10.0. The third kappa shape index (κ3) is 3.47. The van der Waals surface area contributed by atoms with E-state index in [4.69, 9.17) is 16.6 Å². The second-order valence-corrected chi connectivity index (χ2v) is 9.28. The fourth-order valence-electron chi connectivity index (χ4n) is 4.42. The van der Waals surface area contributed by atoms with E-state index < -0.39 is 5.41 Å². The molecule has 6 heteroatoms. The molecule has 0 unspecified atom stereocenters. The standard InChI is InChI=1S/C23H22ClN3OS/c24-18-7-5-17(6-8-18)23(11-1-2-12-23)21(28)25-19-9-3-16(4-10-19)20-15-27-13-14-29-22(27)26-20/h3-10,15H,1-2,11-14H2,(H,25,28). The van der Waals surface area contributed by atoms with E-state index in [2.05, 4.69) is 16.1 Å². The Morgan fingerprint density at radius 3 is 2.48 bits per heavy atom. The van der Waals surface area contributed by atoms with E-state index in [1.165, 1.54) is 0 Å². The second kappa shape index (κ2) is 7.54. The highest BCUT2D eigenvalue weighted by atomic mass is 35.5. The third-order valence-corrected chi connectivity index (χ3v) is 7.25. The number of fused-ring (bicyclic) bond motifs is 1. The number of rotatable bonds is 4. The fourth-order valence-corrected chi connectivity index (χ4v) is 5.49. The van der Waals surface area contributed by atoms with E-state index in [-0.39, 0.29) is 5.91 Å². The molecule has 1 N–H and O–H groups in total. The number of thioether (sulfide) groups is 1. The maximum Gasteiger partial charge on any atom is 0.235 e. The number of nitrogens with zero attached hydrogens (tertiary/aromatic N) is 2. The summed E-state index contributed by atoms with van der Waals surface area (Å²) in [6.45, 7) is 1.02. The number of carbonyl (C=O) groups is 1. The predicted octanol–water partition coefficient (Wildman–Crippen LogP) is 5.76. The summed E-state index contributed by atoms with van der Waals surface area (Å²) in [7, 11) is 0. The highest BCUT2D eigenvalue weighted by Crippen LogP contribution is 2.42. The van der Waals surface area contributed by atoms with Crippen LogP contribution in [0.3, 0.4) is 0 Å². The zero-order valence-corrected chi connectivity index (χ0v) is 17.6. The van der Waals surface area contributed by atoms with Crippen molar-refractivity contribution in [2.24, 2.45) is 0 Å². The number of hydrogen-bond acceptors (Lipinski definition) is 3. The molecule has 0 bridgehead atoms. The van der Waals surface area contributed by atoms with Crippen molar-refractivity contribution in [1.82, 2.24) is 9.55 Å². The fraction of sp³-hybridized carbons (Fsp3) is 0.304. The molecule has 1 aliphatic heterocycles. The van der Waals surface area contributed by atoms with E-state index in [0.717, 1.165) is 65.6 Å². The first kappa shape index (κ1) is 18.8. The molecule has 0 spiro atoms. The minimum atomic E-state index is -0.467. The molecule has 2 aromatic carbocycles. The van der Waals surface area contributed by atoms with E-state index in [9.17, 15) is 4.79 Å². The van der Waals surface area contributed by atoms with Gasteiger partial charge in [0.2, 0.25) is 5.91 Å². The molecule has 0 saturated heterocycles. The Hall–Kier alpha value is -2.24. The number of nitrogens with one attached hydrogen (secondary N) is 1. The Morgan fingerprint density at radius 2 is 1.79 bits per heavy atom. The van der Waals surface area contributed by atoms with Gasteiger partial charge in [0.05, 0.1) is 11.1 Å². The Labute approximate surface area is 179 Å².